The average Bonchev–Trinajstić information content (AvgIpc) is 3.78. The maximum atomic E-state index is 2.45. The molecule has 11 aromatic rings. The number of hydrogen-bond donors (Lipinski definition) is 0. The van der Waals surface area contributed by atoms with Crippen molar-refractivity contribution in [2.24, 2.45) is 0 Å². The van der Waals surface area contributed by atoms with Crippen molar-refractivity contribution in [2.45, 2.75) is 0 Å². The van der Waals surface area contributed by atoms with Gasteiger partial charge in [-0.05, 0) is 94.7 Å². The summed E-state index contributed by atoms with van der Waals surface area (Å²) in [5, 5.41) is 7.40. The minimum absolute atomic E-state index is 1.09. The Hall–Kier alpha value is -7.36. The Bertz CT molecular complexity index is 3180. The maximum absolute atomic E-state index is 2.45. The van der Waals surface area contributed by atoms with Crippen LogP contribution in [0.2, 0.25) is 0 Å². The molecule has 0 spiro atoms. The second-order valence-electron chi connectivity index (χ2n) is 14.2. The van der Waals surface area contributed by atoms with E-state index in [1.165, 1.54) is 65.5 Å². The molecule has 0 atom stereocenters. The van der Waals surface area contributed by atoms with E-state index in [0.29, 0.717) is 0 Å². The maximum Gasteiger partial charge on any atom is 0.0562 e. The van der Waals surface area contributed by atoms with Crippen LogP contribution in [0.3, 0.4) is 0 Å². The average molecular weight is 702 g/mol. The van der Waals surface area contributed by atoms with Crippen molar-refractivity contribution < 1.29 is 0 Å². The van der Waals surface area contributed by atoms with E-state index in [9.17, 15) is 0 Å². The third kappa shape index (κ3) is 4.98. The van der Waals surface area contributed by atoms with Gasteiger partial charge in [0, 0.05) is 44.3 Å². The standard InChI is InChI=1S/C52H35N3/c1-3-17-38(18-4-1)54-48-26-12-10-23-46(48)52-49(27-14-28-50(52)54)53(40-31-29-37(30-32-40)43-24-13-16-36-15-7-8-21-42(36)43)41-33-34-45-44-22-9-11-25-47(44)55(51(45)35-41)39-19-5-2-6-20-39/h1-35H. The number of fused-ring (bicyclic) bond motifs is 7. The van der Waals surface area contributed by atoms with Gasteiger partial charge in [-0.25, -0.2) is 0 Å². The number of rotatable bonds is 6. The van der Waals surface area contributed by atoms with Crippen molar-refractivity contribution in [3.05, 3.63) is 212 Å². The Morgan fingerprint density at radius 1 is 0.327 bits per heavy atom. The quantitative estimate of drug-likeness (QED) is 0.168. The number of benzene rings is 9. The first-order chi connectivity index (χ1) is 27.3. The van der Waals surface area contributed by atoms with Gasteiger partial charge >= 0.3 is 0 Å². The van der Waals surface area contributed by atoms with Gasteiger partial charge in [0.1, 0.15) is 0 Å². The van der Waals surface area contributed by atoms with Crippen molar-refractivity contribution in [3.8, 4) is 22.5 Å². The van der Waals surface area contributed by atoms with Crippen molar-refractivity contribution >= 4 is 71.4 Å². The van der Waals surface area contributed by atoms with E-state index < -0.39 is 0 Å². The van der Waals surface area contributed by atoms with Crippen LogP contribution in [-0.2, 0) is 0 Å². The predicted molar refractivity (Wildman–Crippen MR) is 233 cm³/mol. The van der Waals surface area contributed by atoms with Gasteiger partial charge in [0.15, 0.2) is 0 Å². The fraction of sp³-hybridized carbons (Fsp3) is 0. The van der Waals surface area contributed by atoms with Crippen LogP contribution >= 0.6 is 0 Å². The number of nitrogens with zero attached hydrogens (tertiary/aromatic N) is 3. The molecule has 0 bridgehead atoms. The third-order valence-electron chi connectivity index (χ3n) is 11.1. The van der Waals surface area contributed by atoms with Gasteiger partial charge in [0.2, 0.25) is 0 Å². The zero-order valence-corrected chi connectivity index (χ0v) is 30.0. The Kier molecular flexibility index (Phi) is 7.17. The zero-order valence-electron chi connectivity index (χ0n) is 30.0. The van der Waals surface area contributed by atoms with Crippen LogP contribution in [0.25, 0.3) is 76.9 Å². The highest BCUT2D eigenvalue weighted by molar-refractivity contribution is 6.17. The fourth-order valence-corrected chi connectivity index (χ4v) is 8.69. The molecule has 55 heavy (non-hydrogen) atoms. The van der Waals surface area contributed by atoms with Gasteiger partial charge in [-0.15, -0.1) is 0 Å². The van der Waals surface area contributed by atoms with Crippen LogP contribution in [0, 0.1) is 0 Å². The largest absolute Gasteiger partial charge is 0.310 e. The molecule has 0 fully saturated rings. The van der Waals surface area contributed by atoms with Crippen LogP contribution in [0.15, 0.2) is 212 Å². The molecule has 3 nitrogen and oxygen atoms in total. The van der Waals surface area contributed by atoms with E-state index >= 15 is 0 Å². The molecule has 0 saturated carbocycles. The van der Waals surface area contributed by atoms with Crippen molar-refractivity contribution in [3.63, 3.8) is 0 Å². The summed E-state index contributed by atoms with van der Waals surface area (Å²) in [6, 6.07) is 76.9. The molecule has 0 aliphatic carbocycles. The molecule has 2 heterocycles. The van der Waals surface area contributed by atoms with Gasteiger partial charge in [0.05, 0.1) is 27.8 Å². The lowest BCUT2D eigenvalue weighted by atomic mass is 9.98. The Balaban J connectivity index is 1.19. The summed E-state index contributed by atoms with van der Waals surface area (Å²) in [7, 11) is 0. The van der Waals surface area contributed by atoms with E-state index in [1.807, 2.05) is 0 Å². The summed E-state index contributed by atoms with van der Waals surface area (Å²) < 4.78 is 4.80. The molecule has 9 aromatic carbocycles. The van der Waals surface area contributed by atoms with Crippen LogP contribution in [-0.4, -0.2) is 9.13 Å². The first-order valence-electron chi connectivity index (χ1n) is 18.9. The molecular formula is C52H35N3. The van der Waals surface area contributed by atoms with Crippen molar-refractivity contribution in [1.29, 1.82) is 0 Å². The fourth-order valence-electron chi connectivity index (χ4n) is 8.69. The van der Waals surface area contributed by atoms with Gasteiger partial charge in [-0.1, -0.05) is 140 Å². The van der Waals surface area contributed by atoms with Gasteiger partial charge < -0.3 is 14.0 Å². The molecule has 0 N–H and O–H groups in total. The Morgan fingerprint density at radius 3 is 1.60 bits per heavy atom. The summed E-state index contributed by atoms with van der Waals surface area (Å²) in [6.07, 6.45) is 0. The molecule has 2 aromatic heterocycles. The van der Waals surface area contributed by atoms with E-state index in [0.717, 1.165) is 28.4 Å². The highest BCUT2D eigenvalue weighted by Gasteiger charge is 2.22. The Morgan fingerprint density at radius 2 is 0.855 bits per heavy atom. The lowest BCUT2D eigenvalue weighted by molar-refractivity contribution is 1.17. The normalized spacial score (nSPS) is 11.6. The summed E-state index contributed by atoms with van der Waals surface area (Å²) in [5.41, 5.74) is 12.7. The highest BCUT2D eigenvalue weighted by atomic mass is 15.2. The second kappa shape index (κ2) is 12.6. The smallest absolute Gasteiger partial charge is 0.0562 e. The summed E-state index contributed by atoms with van der Waals surface area (Å²) >= 11 is 0. The van der Waals surface area contributed by atoms with Gasteiger partial charge in [-0.2, -0.15) is 0 Å². The van der Waals surface area contributed by atoms with E-state index in [2.05, 4.69) is 226 Å². The zero-order chi connectivity index (χ0) is 36.3. The SMILES string of the molecule is c1ccc(-n2c3ccccc3c3ccc(N(c4ccc(-c5cccc6ccccc56)cc4)c4cccc5c4c4ccccc4n5-c4ccccc4)cc32)cc1. The van der Waals surface area contributed by atoms with E-state index in [1.54, 1.807) is 0 Å². The predicted octanol–water partition coefficient (Wildman–Crippen LogP) is 14.2. The van der Waals surface area contributed by atoms with Crippen LogP contribution in [0.4, 0.5) is 17.1 Å². The number of hydrogen-bond acceptors (Lipinski definition) is 1. The molecule has 0 unspecified atom stereocenters. The van der Waals surface area contributed by atoms with Crippen LogP contribution in [0.5, 0.6) is 0 Å². The molecule has 11 rings (SSSR count). The molecule has 258 valence electrons. The number of aromatic nitrogens is 2. The molecule has 0 radical (unpaired) electrons. The lowest BCUT2D eigenvalue weighted by Crippen LogP contribution is -2.10. The highest BCUT2D eigenvalue weighted by Crippen LogP contribution is 2.45. The molecule has 0 aliphatic heterocycles. The molecule has 0 amide bonds. The third-order valence-corrected chi connectivity index (χ3v) is 11.1. The van der Waals surface area contributed by atoms with Gasteiger partial charge in [0.25, 0.3) is 0 Å². The first-order valence-corrected chi connectivity index (χ1v) is 18.9. The van der Waals surface area contributed by atoms with E-state index in [-0.39, 0.29) is 0 Å². The van der Waals surface area contributed by atoms with Crippen LogP contribution in [0.1, 0.15) is 0 Å². The summed E-state index contributed by atoms with van der Waals surface area (Å²) in [6.45, 7) is 0. The van der Waals surface area contributed by atoms with Gasteiger partial charge in [-0.3, -0.25) is 0 Å². The molecule has 0 saturated heterocycles. The van der Waals surface area contributed by atoms with E-state index in [4.69, 9.17) is 0 Å². The van der Waals surface area contributed by atoms with Crippen molar-refractivity contribution in [1.82, 2.24) is 9.13 Å². The molecule has 3 heteroatoms. The first kappa shape index (κ1) is 31.2. The molecular weight excluding hydrogens is 667 g/mol. The summed E-state index contributed by atoms with van der Waals surface area (Å²) in [4.78, 5) is 2.45. The molecule has 0 aliphatic rings. The Labute approximate surface area is 319 Å². The second-order valence-corrected chi connectivity index (χ2v) is 14.2. The van der Waals surface area contributed by atoms with Crippen molar-refractivity contribution in [2.75, 3.05) is 4.90 Å². The minimum Gasteiger partial charge on any atom is -0.310 e. The monoisotopic (exact) mass is 701 g/mol. The minimum atomic E-state index is 1.09. The lowest BCUT2D eigenvalue weighted by Gasteiger charge is -2.27. The number of para-hydroxylation sites is 4. The topological polar surface area (TPSA) is 13.1 Å². The van der Waals surface area contributed by atoms with Crippen LogP contribution < -0.4 is 4.90 Å². The summed E-state index contributed by atoms with van der Waals surface area (Å²) in [5.74, 6) is 0. The number of anilines is 3.